The number of aliphatic hydroxyl groups is 1. The maximum absolute atomic E-state index is 10.6. The third-order valence-electron chi connectivity index (χ3n) is 3.79. The summed E-state index contributed by atoms with van der Waals surface area (Å²) >= 11 is 0. The first-order chi connectivity index (χ1) is 7.89. The molecule has 0 spiro atoms. The second-order valence-electron chi connectivity index (χ2n) is 6.24. The Bertz CT molecular complexity index is 343. The SMILES string of the molecule is CC(C)(C)N1CCC(O)(Cn2cccc2)CC1. The molecule has 1 aliphatic rings. The van der Waals surface area contributed by atoms with Crippen molar-refractivity contribution in [2.24, 2.45) is 0 Å². The summed E-state index contributed by atoms with van der Waals surface area (Å²) in [6.07, 6.45) is 5.77. The van der Waals surface area contributed by atoms with Crippen LogP contribution in [0, 0.1) is 0 Å². The molecule has 0 aliphatic carbocycles. The molecule has 0 bridgehead atoms. The zero-order chi connectivity index (χ0) is 12.5. The molecule has 2 rings (SSSR count). The van der Waals surface area contributed by atoms with Crippen LogP contribution in [0.5, 0.6) is 0 Å². The van der Waals surface area contributed by atoms with Gasteiger partial charge < -0.3 is 9.67 Å². The summed E-state index contributed by atoms with van der Waals surface area (Å²) in [5.74, 6) is 0. The lowest BCUT2D eigenvalue weighted by atomic mass is 9.89. The fraction of sp³-hybridized carbons (Fsp3) is 0.714. The molecule has 17 heavy (non-hydrogen) atoms. The molecule has 0 aromatic carbocycles. The summed E-state index contributed by atoms with van der Waals surface area (Å²) in [6, 6.07) is 4.02. The molecule has 1 fully saturated rings. The molecule has 96 valence electrons. The van der Waals surface area contributed by atoms with Gasteiger partial charge in [0.2, 0.25) is 0 Å². The smallest absolute Gasteiger partial charge is 0.0850 e. The van der Waals surface area contributed by atoms with Gasteiger partial charge in [-0.05, 0) is 45.7 Å². The summed E-state index contributed by atoms with van der Waals surface area (Å²) in [5.41, 5.74) is -0.310. The van der Waals surface area contributed by atoms with Crippen LogP contribution in [-0.4, -0.2) is 38.8 Å². The molecule has 0 unspecified atom stereocenters. The number of hydrogen-bond donors (Lipinski definition) is 1. The van der Waals surface area contributed by atoms with Crippen LogP contribution in [0.3, 0.4) is 0 Å². The summed E-state index contributed by atoms with van der Waals surface area (Å²) < 4.78 is 2.08. The van der Waals surface area contributed by atoms with E-state index >= 15 is 0 Å². The Morgan fingerprint density at radius 2 is 1.65 bits per heavy atom. The van der Waals surface area contributed by atoms with Gasteiger partial charge in [-0.1, -0.05) is 0 Å². The highest BCUT2D eigenvalue weighted by molar-refractivity contribution is 4.95. The van der Waals surface area contributed by atoms with Gasteiger partial charge in [-0.15, -0.1) is 0 Å². The van der Waals surface area contributed by atoms with Gasteiger partial charge in [0.25, 0.3) is 0 Å². The molecule has 0 saturated carbocycles. The highest BCUT2D eigenvalue weighted by Crippen LogP contribution is 2.28. The number of likely N-dealkylation sites (tertiary alicyclic amines) is 1. The highest BCUT2D eigenvalue weighted by Gasteiger charge is 2.35. The van der Waals surface area contributed by atoms with Crippen LogP contribution in [0.2, 0.25) is 0 Å². The molecule has 0 amide bonds. The fourth-order valence-corrected chi connectivity index (χ4v) is 2.57. The Kier molecular flexibility index (Phi) is 3.32. The van der Waals surface area contributed by atoms with E-state index < -0.39 is 5.60 Å². The maximum atomic E-state index is 10.6. The number of aromatic nitrogens is 1. The van der Waals surface area contributed by atoms with Crippen LogP contribution in [0.15, 0.2) is 24.5 Å². The molecule has 3 nitrogen and oxygen atoms in total. The second-order valence-corrected chi connectivity index (χ2v) is 6.24. The van der Waals surface area contributed by atoms with Crippen LogP contribution < -0.4 is 0 Å². The monoisotopic (exact) mass is 236 g/mol. The minimum absolute atomic E-state index is 0.217. The average molecular weight is 236 g/mol. The topological polar surface area (TPSA) is 28.4 Å². The molecule has 1 aliphatic heterocycles. The van der Waals surface area contributed by atoms with Crippen LogP contribution in [0.25, 0.3) is 0 Å². The van der Waals surface area contributed by atoms with Crippen molar-refractivity contribution in [1.82, 2.24) is 9.47 Å². The predicted octanol–water partition coefficient (Wildman–Crippen LogP) is 2.11. The van der Waals surface area contributed by atoms with Crippen molar-refractivity contribution >= 4 is 0 Å². The van der Waals surface area contributed by atoms with E-state index in [-0.39, 0.29) is 5.54 Å². The summed E-state index contributed by atoms with van der Waals surface area (Å²) in [6.45, 7) is 9.41. The van der Waals surface area contributed by atoms with Gasteiger partial charge in [0, 0.05) is 31.0 Å². The molecule has 1 aromatic heterocycles. The van der Waals surface area contributed by atoms with Crippen molar-refractivity contribution < 1.29 is 5.11 Å². The van der Waals surface area contributed by atoms with Gasteiger partial charge in [0.05, 0.1) is 12.1 Å². The van der Waals surface area contributed by atoms with E-state index in [1.807, 2.05) is 24.5 Å². The third-order valence-corrected chi connectivity index (χ3v) is 3.79. The second kappa shape index (κ2) is 4.46. The van der Waals surface area contributed by atoms with Gasteiger partial charge in [0.1, 0.15) is 0 Å². The Morgan fingerprint density at radius 1 is 1.12 bits per heavy atom. The standard InChI is InChI=1S/C14H24N2O/c1-13(2,3)16-10-6-14(17,7-11-16)12-15-8-4-5-9-15/h4-5,8-9,17H,6-7,10-12H2,1-3H3. The molecular weight excluding hydrogens is 212 g/mol. The van der Waals surface area contributed by atoms with Crippen molar-refractivity contribution in [3.63, 3.8) is 0 Å². The highest BCUT2D eigenvalue weighted by atomic mass is 16.3. The quantitative estimate of drug-likeness (QED) is 0.852. The van der Waals surface area contributed by atoms with Gasteiger partial charge in [-0.2, -0.15) is 0 Å². The summed E-state index contributed by atoms with van der Waals surface area (Å²) in [5, 5.41) is 10.6. The zero-order valence-corrected chi connectivity index (χ0v) is 11.2. The number of hydrogen-bond acceptors (Lipinski definition) is 2. The molecule has 1 N–H and O–H groups in total. The van der Waals surface area contributed by atoms with Crippen LogP contribution >= 0.6 is 0 Å². The Hall–Kier alpha value is -0.800. The lowest BCUT2D eigenvalue weighted by Crippen LogP contribution is -2.52. The third kappa shape index (κ3) is 3.11. The van der Waals surface area contributed by atoms with Gasteiger partial charge in [0.15, 0.2) is 0 Å². The predicted molar refractivity (Wildman–Crippen MR) is 69.9 cm³/mol. The Morgan fingerprint density at radius 3 is 2.12 bits per heavy atom. The Balaban J connectivity index is 1.93. The fourth-order valence-electron chi connectivity index (χ4n) is 2.57. The van der Waals surface area contributed by atoms with Crippen molar-refractivity contribution in [2.45, 2.75) is 51.3 Å². The minimum Gasteiger partial charge on any atom is -0.388 e. The molecule has 0 atom stereocenters. The Labute approximate surface area is 104 Å². The summed E-state index contributed by atoms with van der Waals surface area (Å²) in [4.78, 5) is 2.46. The van der Waals surface area contributed by atoms with Crippen LogP contribution in [0.4, 0.5) is 0 Å². The molecule has 1 saturated heterocycles. The van der Waals surface area contributed by atoms with E-state index in [1.54, 1.807) is 0 Å². The lowest BCUT2D eigenvalue weighted by molar-refractivity contribution is -0.0521. The molecular formula is C14H24N2O. The van der Waals surface area contributed by atoms with Crippen LogP contribution in [0.1, 0.15) is 33.6 Å². The molecule has 1 aromatic rings. The van der Waals surface area contributed by atoms with Crippen molar-refractivity contribution in [1.29, 1.82) is 0 Å². The molecule has 0 radical (unpaired) electrons. The number of nitrogens with zero attached hydrogens (tertiary/aromatic N) is 2. The number of rotatable bonds is 2. The van der Waals surface area contributed by atoms with E-state index in [0.29, 0.717) is 0 Å². The first-order valence-electron chi connectivity index (χ1n) is 6.47. The van der Waals surface area contributed by atoms with Gasteiger partial charge in [-0.25, -0.2) is 0 Å². The van der Waals surface area contributed by atoms with E-state index in [0.717, 1.165) is 32.5 Å². The largest absolute Gasteiger partial charge is 0.388 e. The molecule has 3 heteroatoms. The number of piperidine rings is 1. The van der Waals surface area contributed by atoms with E-state index in [1.165, 1.54) is 0 Å². The van der Waals surface area contributed by atoms with Crippen molar-refractivity contribution in [3.8, 4) is 0 Å². The van der Waals surface area contributed by atoms with E-state index in [2.05, 4.69) is 30.2 Å². The van der Waals surface area contributed by atoms with Crippen molar-refractivity contribution in [3.05, 3.63) is 24.5 Å². The zero-order valence-electron chi connectivity index (χ0n) is 11.2. The van der Waals surface area contributed by atoms with Crippen molar-refractivity contribution in [2.75, 3.05) is 13.1 Å². The van der Waals surface area contributed by atoms with Gasteiger partial charge >= 0.3 is 0 Å². The normalized spacial score (nSPS) is 21.6. The minimum atomic E-state index is -0.527. The van der Waals surface area contributed by atoms with E-state index in [4.69, 9.17) is 0 Å². The van der Waals surface area contributed by atoms with Gasteiger partial charge in [-0.3, -0.25) is 4.90 Å². The van der Waals surface area contributed by atoms with Crippen LogP contribution in [-0.2, 0) is 6.54 Å². The first kappa shape index (κ1) is 12.7. The maximum Gasteiger partial charge on any atom is 0.0850 e. The molecule has 2 heterocycles. The van der Waals surface area contributed by atoms with E-state index in [9.17, 15) is 5.11 Å². The lowest BCUT2D eigenvalue weighted by Gasteiger charge is -2.44. The average Bonchev–Trinajstić information content (AvgIpc) is 2.68. The first-order valence-corrected chi connectivity index (χ1v) is 6.47. The summed E-state index contributed by atoms with van der Waals surface area (Å²) in [7, 11) is 0.